The van der Waals surface area contributed by atoms with Gasteiger partial charge >= 0.3 is 0 Å². The summed E-state index contributed by atoms with van der Waals surface area (Å²) in [7, 11) is 0. The van der Waals surface area contributed by atoms with Crippen LogP contribution in [0.1, 0.15) is 31.2 Å². The Hall–Kier alpha value is -0.670. The van der Waals surface area contributed by atoms with Gasteiger partial charge in [-0.2, -0.15) is 11.8 Å². The van der Waals surface area contributed by atoms with Crippen LogP contribution in [0.5, 0.6) is 0 Å². The van der Waals surface area contributed by atoms with E-state index in [2.05, 4.69) is 48.3 Å². The van der Waals surface area contributed by atoms with E-state index >= 15 is 0 Å². The molecule has 1 unspecified atom stereocenters. The minimum atomic E-state index is 0.172. The maximum Gasteiger partial charge on any atom is 0.0717 e. The molecule has 0 aliphatic carbocycles. The first-order valence-corrected chi connectivity index (χ1v) is 8.46. The van der Waals surface area contributed by atoms with Gasteiger partial charge in [0, 0.05) is 18.3 Å². The molecule has 1 N–H and O–H groups in total. The second-order valence-corrected chi connectivity index (χ2v) is 7.07. The monoisotopic (exact) mass is 277 g/mol. The second-order valence-electron chi connectivity index (χ2n) is 5.84. The molecule has 2 aliphatic rings. The summed E-state index contributed by atoms with van der Waals surface area (Å²) in [6, 6.07) is 9.30. The highest BCUT2D eigenvalue weighted by Gasteiger charge is 2.38. The summed E-state index contributed by atoms with van der Waals surface area (Å²) in [5.41, 5.74) is 2.74. The fraction of sp³-hybridized carbons (Fsp3) is 0.625. The number of hydrogen-bond donors (Lipinski definition) is 1. The van der Waals surface area contributed by atoms with Crippen molar-refractivity contribution in [3.8, 4) is 0 Å². The molecule has 1 spiro atoms. The molecule has 1 aromatic rings. The summed E-state index contributed by atoms with van der Waals surface area (Å²) >= 11 is 2.07. The average Bonchev–Trinajstić information content (AvgIpc) is 2.42. The van der Waals surface area contributed by atoms with Gasteiger partial charge in [-0.25, -0.2) is 0 Å². The number of benzene rings is 1. The Bertz CT molecular complexity index is 406. The Morgan fingerprint density at radius 3 is 2.68 bits per heavy atom. The summed E-state index contributed by atoms with van der Waals surface area (Å²) in [6.07, 6.45) is 4.75. The zero-order chi connectivity index (χ0) is 13.1. The number of rotatable bonds is 2. The summed E-state index contributed by atoms with van der Waals surface area (Å²) in [4.78, 5) is 0. The van der Waals surface area contributed by atoms with Crippen molar-refractivity contribution in [1.29, 1.82) is 0 Å². The van der Waals surface area contributed by atoms with Gasteiger partial charge in [-0.05, 0) is 56.2 Å². The molecule has 1 aromatic carbocycles. The van der Waals surface area contributed by atoms with Gasteiger partial charge in [0.25, 0.3) is 0 Å². The first-order valence-electron chi connectivity index (χ1n) is 7.31. The quantitative estimate of drug-likeness (QED) is 0.887. The molecule has 104 valence electrons. The lowest BCUT2D eigenvalue weighted by molar-refractivity contribution is -0.0865. The van der Waals surface area contributed by atoms with Crippen LogP contribution in [0.3, 0.4) is 0 Å². The maximum absolute atomic E-state index is 6.14. The fourth-order valence-electron chi connectivity index (χ4n) is 3.13. The highest BCUT2D eigenvalue weighted by atomic mass is 32.2. The molecule has 2 aliphatic heterocycles. The molecule has 2 heterocycles. The Labute approximate surface area is 120 Å². The third-order valence-corrected chi connectivity index (χ3v) is 5.30. The van der Waals surface area contributed by atoms with Gasteiger partial charge in [-0.15, -0.1) is 0 Å². The van der Waals surface area contributed by atoms with Crippen molar-refractivity contribution in [3.63, 3.8) is 0 Å². The molecule has 0 bridgehead atoms. The third-order valence-electron chi connectivity index (χ3n) is 4.32. The molecule has 0 aromatic heterocycles. The van der Waals surface area contributed by atoms with Gasteiger partial charge in [-0.3, -0.25) is 0 Å². The number of thioether (sulfide) groups is 1. The third kappa shape index (κ3) is 3.26. The molecular formula is C16H23NOS. The first kappa shape index (κ1) is 13.3. The zero-order valence-corrected chi connectivity index (χ0v) is 12.5. The highest BCUT2D eigenvalue weighted by Crippen LogP contribution is 2.38. The topological polar surface area (TPSA) is 21.3 Å². The van der Waals surface area contributed by atoms with E-state index in [4.69, 9.17) is 4.74 Å². The number of hydrogen-bond acceptors (Lipinski definition) is 3. The summed E-state index contributed by atoms with van der Waals surface area (Å²) in [5, 5.41) is 3.69. The first-order chi connectivity index (χ1) is 9.26. The Morgan fingerprint density at radius 1 is 1.21 bits per heavy atom. The van der Waals surface area contributed by atoms with E-state index in [1.165, 1.54) is 42.0 Å². The van der Waals surface area contributed by atoms with Gasteiger partial charge in [0.05, 0.1) is 5.60 Å². The maximum atomic E-state index is 6.14. The number of ether oxygens (including phenoxy) is 1. The van der Waals surface area contributed by atoms with Gasteiger partial charge in [-0.1, -0.05) is 17.7 Å². The molecule has 3 rings (SSSR count). The normalized spacial score (nSPS) is 26.3. The van der Waals surface area contributed by atoms with E-state index in [1.807, 2.05) is 0 Å². The Morgan fingerprint density at radius 2 is 1.95 bits per heavy atom. The number of aryl methyl sites for hydroxylation is 1. The molecule has 3 heteroatoms. The van der Waals surface area contributed by atoms with Crippen LogP contribution in [0.2, 0.25) is 0 Å². The largest absolute Gasteiger partial charge is 0.382 e. The van der Waals surface area contributed by atoms with Gasteiger partial charge in [0.1, 0.15) is 0 Å². The Kier molecular flexibility index (Phi) is 4.04. The summed E-state index contributed by atoms with van der Waals surface area (Å²) in [5.74, 6) is 2.52. The second kappa shape index (κ2) is 5.76. The van der Waals surface area contributed by atoms with Crippen LogP contribution in [0.4, 0.5) is 5.69 Å². The fourth-order valence-corrected chi connectivity index (χ4v) is 4.37. The van der Waals surface area contributed by atoms with Crippen molar-refractivity contribution < 1.29 is 4.74 Å². The van der Waals surface area contributed by atoms with Crippen LogP contribution in [0.25, 0.3) is 0 Å². The van der Waals surface area contributed by atoms with E-state index in [1.54, 1.807) is 0 Å². The van der Waals surface area contributed by atoms with Crippen LogP contribution in [0.15, 0.2) is 24.3 Å². The van der Waals surface area contributed by atoms with Crippen LogP contribution in [-0.2, 0) is 4.74 Å². The van der Waals surface area contributed by atoms with Crippen LogP contribution >= 0.6 is 11.8 Å². The van der Waals surface area contributed by atoms with Crippen LogP contribution in [0, 0.1) is 6.92 Å². The van der Waals surface area contributed by atoms with Gasteiger partial charge < -0.3 is 10.1 Å². The SMILES string of the molecule is Cc1ccc(NC2CCOC3(CCSCC3)C2)cc1. The van der Waals surface area contributed by atoms with Crippen molar-refractivity contribution in [1.82, 2.24) is 0 Å². The molecule has 0 amide bonds. The van der Waals surface area contributed by atoms with E-state index in [-0.39, 0.29) is 5.60 Å². The van der Waals surface area contributed by atoms with E-state index in [9.17, 15) is 0 Å². The highest BCUT2D eigenvalue weighted by molar-refractivity contribution is 7.99. The van der Waals surface area contributed by atoms with Crippen LogP contribution < -0.4 is 5.32 Å². The van der Waals surface area contributed by atoms with Gasteiger partial charge in [0.15, 0.2) is 0 Å². The average molecular weight is 277 g/mol. The van der Waals surface area contributed by atoms with Crippen molar-refractivity contribution >= 4 is 17.4 Å². The smallest absolute Gasteiger partial charge is 0.0717 e. The predicted molar refractivity (Wildman–Crippen MR) is 83.1 cm³/mol. The van der Waals surface area contributed by atoms with Crippen LogP contribution in [-0.4, -0.2) is 29.8 Å². The lowest BCUT2D eigenvalue weighted by atomic mass is 9.85. The zero-order valence-electron chi connectivity index (χ0n) is 11.7. The molecule has 2 saturated heterocycles. The standard InChI is InChI=1S/C16H23NOS/c1-13-2-4-14(5-3-13)17-15-6-9-18-16(12-15)7-10-19-11-8-16/h2-5,15,17H,6-12H2,1H3. The van der Waals surface area contributed by atoms with E-state index in [0.29, 0.717) is 6.04 Å². The van der Waals surface area contributed by atoms with E-state index in [0.717, 1.165) is 13.0 Å². The van der Waals surface area contributed by atoms with Crippen molar-refractivity contribution in [3.05, 3.63) is 29.8 Å². The minimum absolute atomic E-state index is 0.172. The van der Waals surface area contributed by atoms with Crippen molar-refractivity contribution in [2.45, 2.75) is 44.2 Å². The molecule has 2 fully saturated rings. The molecular weight excluding hydrogens is 254 g/mol. The lowest BCUT2D eigenvalue weighted by Crippen LogP contribution is -2.46. The van der Waals surface area contributed by atoms with Crippen molar-refractivity contribution in [2.24, 2.45) is 0 Å². The molecule has 19 heavy (non-hydrogen) atoms. The van der Waals surface area contributed by atoms with Crippen molar-refractivity contribution in [2.75, 3.05) is 23.4 Å². The van der Waals surface area contributed by atoms with E-state index < -0.39 is 0 Å². The lowest BCUT2D eigenvalue weighted by Gasteiger charge is -2.43. The molecule has 0 radical (unpaired) electrons. The Balaban J connectivity index is 1.63. The molecule has 1 atom stereocenters. The molecule has 2 nitrogen and oxygen atoms in total. The number of anilines is 1. The number of nitrogens with one attached hydrogen (secondary N) is 1. The summed E-state index contributed by atoms with van der Waals surface area (Å²) in [6.45, 7) is 3.04. The van der Waals surface area contributed by atoms with Gasteiger partial charge in [0.2, 0.25) is 0 Å². The molecule has 0 saturated carbocycles. The predicted octanol–water partition coefficient (Wildman–Crippen LogP) is 3.85. The summed E-state index contributed by atoms with van der Waals surface area (Å²) < 4.78 is 6.14. The minimum Gasteiger partial charge on any atom is -0.382 e.